The third-order valence-electron chi connectivity index (χ3n) is 2.72. The van der Waals surface area contributed by atoms with E-state index >= 15 is 0 Å². The molecule has 1 unspecified atom stereocenters. The molecule has 19 heavy (non-hydrogen) atoms. The van der Waals surface area contributed by atoms with E-state index in [0.29, 0.717) is 6.54 Å². The molecular weight excluding hydrogens is 255 g/mol. The van der Waals surface area contributed by atoms with Gasteiger partial charge < -0.3 is 10.1 Å². The Morgan fingerprint density at radius 2 is 2.00 bits per heavy atom. The van der Waals surface area contributed by atoms with E-state index in [9.17, 15) is 13.2 Å². The van der Waals surface area contributed by atoms with Crippen LogP contribution in [-0.4, -0.2) is 19.2 Å². The molecule has 1 aromatic rings. The standard InChI is InChI=1S/C14H20F3NO/c1-3-8-18-10-12(4-2)19-13-7-5-6-11(9-13)14(15,16)17/h5-7,9,12,18H,3-4,8,10H2,1-2H3. The highest BCUT2D eigenvalue weighted by molar-refractivity contribution is 5.30. The van der Waals surface area contributed by atoms with Crippen LogP contribution < -0.4 is 10.1 Å². The van der Waals surface area contributed by atoms with Crippen LogP contribution in [0.25, 0.3) is 0 Å². The molecule has 0 bridgehead atoms. The molecule has 0 aliphatic rings. The number of alkyl halides is 3. The van der Waals surface area contributed by atoms with E-state index in [4.69, 9.17) is 4.74 Å². The first-order valence-electron chi connectivity index (χ1n) is 6.52. The number of halogens is 3. The summed E-state index contributed by atoms with van der Waals surface area (Å²) in [5.41, 5.74) is -0.679. The molecule has 1 atom stereocenters. The van der Waals surface area contributed by atoms with Gasteiger partial charge in [0, 0.05) is 6.54 Å². The second kappa shape index (κ2) is 7.38. The molecule has 1 rings (SSSR count). The minimum atomic E-state index is -4.33. The maximum absolute atomic E-state index is 12.6. The summed E-state index contributed by atoms with van der Waals surface area (Å²) < 4.78 is 43.3. The fraction of sp³-hybridized carbons (Fsp3) is 0.571. The van der Waals surface area contributed by atoms with E-state index in [0.717, 1.165) is 31.5 Å². The van der Waals surface area contributed by atoms with Crippen molar-refractivity contribution >= 4 is 0 Å². The highest BCUT2D eigenvalue weighted by Crippen LogP contribution is 2.31. The van der Waals surface area contributed by atoms with Crippen LogP contribution in [0.4, 0.5) is 13.2 Å². The maximum atomic E-state index is 12.6. The van der Waals surface area contributed by atoms with Gasteiger partial charge in [0.25, 0.3) is 0 Å². The lowest BCUT2D eigenvalue weighted by Crippen LogP contribution is -2.31. The fourth-order valence-electron chi connectivity index (χ4n) is 1.65. The number of hydrogen-bond acceptors (Lipinski definition) is 2. The van der Waals surface area contributed by atoms with Crippen molar-refractivity contribution in [3.8, 4) is 5.75 Å². The predicted octanol–water partition coefficient (Wildman–Crippen LogP) is 3.86. The van der Waals surface area contributed by atoms with Crippen LogP contribution >= 0.6 is 0 Å². The summed E-state index contributed by atoms with van der Waals surface area (Å²) in [5.74, 6) is 0.264. The predicted molar refractivity (Wildman–Crippen MR) is 69.3 cm³/mol. The summed E-state index contributed by atoms with van der Waals surface area (Å²) in [6.45, 7) is 5.52. The van der Waals surface area contributed by atoms with E-state index in [1.165, 1.54) is 6.07 Å². The maximum Gasteiger partial charge on any atom is 0.416 e. The zero-order valence-corrected chi connectivity index (χ0v) is 11.3. The van der Waals surface area contributed by atoms with Crippen LogP contribution in [0.15, 0.2) is 24.3 Å². The van der Waals surface area contributed by atoms with Gasteiger partial charge in [-0.05, 0) is 37.6 Å². The summed E-state index contributed by atoms with van der Waals surface area (Å²) in [6.07, 6.45) is -2.69. The first kappa shape index (κ1) is 15.8. The van der Waals surface area contributed by atoms with Crippen LogP contribution in [0.1, 0.15) is 32.3 Å². The van der Waals surface area contributed by atoms with Gasteiger partial charge in [0.15, 0.2) is 0 Å². The summed E-state index contributed by atoms with van der Waals surface area (Å²) in [7, 11) is 0. The zero-order chi connectivity index (χ0) is 14.3. The number of nitrogens with one attached hydrogen (secondary N) is 1. The number of benzene rings is 1. The Balaban J connectivity index is 2.64. The smallest absolute Gasteiger partial charge is 0.416 e. The van der Waals surface area contributed by atoms with Crippen molar-refractivity contribution in [2.75, 3.05) is 13.1 Å². The molecule has 0 spiro atoms. The molecule has 1 N–H and O–H groups in total. The van der Waals surface area contributed by atoms with Gasteiger partial charge >= 0.3 is 6.18 Å². The lowest BCUT2D eigenvalue weighted by atomic mass is 10.2. The minimum Gasteiger partial charge on any atom is -0.489 e. The topological polar surface area (TPSA) is 21.3 Å². The average molecular weight is 275 g/mol. The molecule has 0 aliphatic heterocycles. The Labute approximate surface area is 112 Å². The summed E-state index contributed by atoms with van der Waals surface area (Å²) in [4.78, 5) is 0. The number of ether oxygens (including phenoxy) is 1. The molecule has 1 aromatic carbocycles. The van der Waals surface area contributed by atoms with E-state index in [1.807, 2.05) is 6.92 Å². The third kappa shape index (κ3) is 5.51. The first-order chi connectivity index (χ1) is 8.97. The van der Waals surface area contributed by atoms with E-state index in [1.54, 1.807) is 6.07 Å². The van der Waals surface area contributed by atoms with Crippen molar-refractivity contribution in [1.82, 2.24) is 5.32 Å². The van der Waals surface area contributed by atoms with Gasteiger partial charge in [0.05, 0.1) is 5.56 Å². The largest absolute Gasteiger partial charge is 0.489 e. The van der Waals surface area contributed by atoms with Crippen molar-refractivity contribution < 1.29 is 17.9 Å². The molecule has 0 fully saturated rings. The van der Waals surface area contributed by atoms with Gasteiger partial charge in [-0.1, -0.05) is 19.9 Å². The lowest BCUT2D eigenvalue weighted by molar-refractivity contribution is -0.137. The fourth-order valence-corrected chi connectivity index (χ4v) is 1.65. The van der Waals surface area contributed by atoms with Gasteiger partial charge in [-0.25, -0.2) is 0 Å². The second-order valence-electron chi connectivity index (χ2n) is 4.38. The zero-order valence-electron chi connectivity index (χ0n) is 11.3. The van der Waals surface area contributed by atoms with Crippen LogP contribution in [0.3, 0.4) is 0 Å². The Bertz CT molecular complexity index is 379. The third-order valence-corrected chi connectivity index (χ3v) is 2.72. The molecular formula is C14H20F3NO. The van der Waals surface area contributed by atoms with Crippen molar-refractivity contribution in [2.45, 2.75) is 39.0 Å². The van der Waals surface area contributed by atoms with Crippen molar-refractivity contribution in [3.63, 3.8) is 0 Å². The van der Waals surface area contributed by atoms with Gasteiger partial charge in [0.2, 0.25) is 0 Å². The van der Waals surface area contributed by atoms with Crippen molar-refractivity contribution in [1.29, 1.82) is 0 Å². The summed E-state index contributed by atoms with van der Waals surface area (Å²) in [6, 6.07) is 5.01. The first-order valence-corrected chi connectivity index (χ1v) is 6.52. The van der Waals surface area contributed by atoms with Crippen molar-refractivity contribution in [2.24, 2.45) is 0 Å². The van der Waals surface area contributed by atoms with E-state index in [2.05, 4.69) is 12.2 Å². The van der Waals surface area contributed by atoms with E-state index in [-0.39, 0.29) is 11.9 Å². The second-order valence-corrected chi connectivity index (χ2v) is 4.38. The summed E-state index contributed by atoms with van der Waals surface area (Å²) in [5, 5.41) is 3.20. The summed E-state index contributed by atoms with van der Waals surface area (Å²) >= 11 is 0. The van der Waals surface area contributed by atoms with Gasteiger partial charge in [-0.3, -0.25) is 0 Å². The molecule has 0 heterocycles. The van der Waals surface area contributed by atoms with Crippen LogP contribution in [0.5, 0.6) is 5.75 Å². The molecule has 0 radical (unpaired) electrons. The highest BCUT2D eigenvalue weighted by atomic mass is 19.4. The number of rotatable bonds is 7. The molecule has 108 valence electrons. The Morgan fingerprint density at radius 1 is 1.26 bits per heavy atom. The average Bonchev–Trinajstić information content (AvgIpc) is 2.37. The van der Waals surface area contributed by atoms with Gasteiger partial charge in [-0.2, -0.15) is 13.2 Å². The monoisotopic (exact) mass is 275 g/mol. The van der Waals surface area contributed by atoms with Gasteiger partial charge in [-0.15, -0.1) is 0 Å². The molecule has 5 heteroatoms. The normalized spacial score (nSPS) is 13.3. The molecule has 0 aromatic heterocycles. The Morgan fingerprint density at radius 3 is 2.58 bits per heavy atom. The van der Waals surface area contributed by atoms with Crippen LogP contribution in [-0.2, 0) is 6.18 Å². The SMILES string of the molecule is CCCNCC(CC)Oc1cccc(C(F)(F)F)c1. The van der Waals surface area contributed by atoms with Crippen LogP contribution in [0, 0.1) is 0 Å². The van der Waals surface area contributed by atoms with E-state index < -0.39 is 11.7 Å². The molecule has 0 saturated carbocycles. The highest BCUT2D eigenvalue weighted by Gasteiger charge is 2.30. The lowest BCUT2D eigenvalue weighted by Gasteiger charge is -2.19. The molecule has 0 saturated heterocycles. The van der Waals surface area contributed by atoms with Gasteiger partial charge in [0.1, 0.15) is 11.9 Å². The molecule has 0 amide bonds. The Kier molecular flexibility index (Phi) is 6.15. The minimum absolute atomic E-state index is 0.116. The Hall–Kier alpha value is -1.23. The molecule has 2 nitrogen and oxygen atoms in total. The van der Waals surface area contributed by atoms with Crippen molar-refractivity contribution in [3.05, 3.63) is 29.8 Å². The molecule has 0 aliphatic carbocycles. The number of hydrogen-bond donors (Lipinski definition) is 1. The quantitative estimate of drug-likeness (QED) is 0.763. The van der Waals surface area contributed by atoms with Crippen LogP contribution in [0.2, 0.25) is 0 Å².